The maximum absolute atomic E-state index is 13.3. The van der Waals surface area contributed by atoms with Crippen LogP contribution in [0, 0.1) is 10.1 Å². The number of aliphatic hydroxyl groups excluding tert-OH is 1. The zero-order valence-electron chi connectivity index (χ0n) is 18.5. The van der Waals surface area contributed by atoms with E-state index >= 15 is 0 Å². The van der Waals surface area contributed by atoms with Crippen molar-refractivity contribution in [2.45, 2.75) is 19.4 Å². The maximum Gasteiger partial charge on any atom is 0.301 e. The molecule has 1 aromatic heterocycles. The van der Waals surface area contributed by atoms with E-state index in [0.717, 1.165) is 16.7 Å². The highest BCUT2D eigenvalue weighted by Gasteiger charge is 2.48. The molecule has 1 fully saturated rings. The van der Waals surface area contributed by atoms with Crippen molar-refractivity contribution in [3.05, 3.63) is 105 Å². The molecule has 1 unspecified atom stereocenters. The summed E-state index contributed by atoms with van der Waals surface area (Å²) in [6.45, 7) is 2.04. The number of carbonyl (C=O) groups excluding carboxylic acids is 2. The number of rotatable bonds is 5. The second-order valence-corrected chi connectivity index (χ2v) is 9.04. The van der Waals surface area contributed by atoms with Gasteiger partial charge in [0.15, 0.2) is 5.13 Å². The molecule has 1 atom stereocenters. The molecule has 1 amide bonds. The highest BCUT2D eigenvalue weighted by Crippen LogP contribution is 2.44. The van der Waals surface area contributed by atoms with Gasteiger partial charge >= 0.3 is 5.91 Å². The Kier molecular flexibility index (Phi) is 5.62. The first kappa shape index (κ1) is 22.4. The van der Waals surface area contributed by atoms with E-state index in [1.807, 2.05) is 25.1 Å². The van der Waals surface area contributed by atoms with Crippen LogP contribution in [0.2, 0.25) is 0 Å². The van der Waals surface area contributed by atoms with Gasteiger partial charge in [0, 0.05) is 17.7 Å². The number of aromatic nitrogens is 1. The lowest BCUT2D eigenvalue weighted by Crippen LogP contribution is -2.29. The van der Waals surface area contributed by atoms with Crippen molar-refractivity contribution in [2.75, 3.05) is 4.90 Å². The average molecular weight is 486 g/mol. The summed E-state index contributed by atoms with van der Waals surface area (Å²) in [6.07, 6.45) is 0.841. The Hall–Kier alpha value is -4.37. The van der Waals surface area contributed by atoms with Crippen molar-refractivity contribution in [3.8, 4) is 0 Å². The summed E-state index contributed by atoms with van der Waals surface area (Å²) in [6, 6.07) is 18.9. The second-order valence-electron chi connectivity index (χ2n) is 8.04. The van der Waals surface area contributed by atoms with Gasteiger partial charge in [-0.3, -0.25) is 24.6 Å². The van der Waals surface area contributed by atoms with Gasteiger partial charge in [0.05, 0.1) is 26.8 Å². The number of thiazole rings is 1. The smallest absolute Gasteiger partial charge is 0.301 e. The van der Waals surface area contributed by atoms with Crippen LogP contribution in [0.15, 0.2) is 78.4 Å². The van der Waals surface area contributed by atoms with E-state index < -0.39 is 22.7 Å². The number of aliphatic hydroxyl groups is 1. The molecule has 174 valence electrons. The third-order valence-electron chi connectivity index (χ3n) is 5.97. The minimum Gasteiger partial charge on any atom is -0.507 e. The molecular weight excluding hydrogens is 466 g/mol. The van der Waals surface area contributed by atoms with E-state index in [2.05, 4.69) is 4.98 Å². The van der Waals surface area contributed by atoms with Crippen LogP contribution in [0.3, 0.4) is 0 Å². The molecule has 2 heterocycles. The number of Topliss-reactive ketones (excluding diaryl/α,β-unsaturated/α-hetero) is 1. The van der Waals surface area contributed by atoms with E-state index in [1.165, 1.54) is 40.5 Å². The molecule has 9 heteroatoms. The van der Waals surface area contributed by atoms with Crippen LogP contribution in [-0.2, 0) is 16.0 Å². The van der Waals surface area contributed by atoms with Gasteiger partial charge in [-0.25, -0.2) is 4.98 Å². The average Bonchev–Trinajstić information content (AvgIpc) is 3.41. The first-order valence-corrected chi connectivity index (χ1v) is 11.7. The molecule has 0 aliphatic carbocycles. The number of benzene rings is 3. The number of nitrogens with zero attached hydrogens (tertiary/aromatic N) is 3. The molecule has 5 rings (SSSR count). The van der Waals surface area contributed by atoms with Crippen LogP contribution in [0.4, 0.5) is 10.8 Å². The number of ketones is 1. The lowest BCUT2D eigenvalue weighted by molar-refractivity contribution is -0.384. The van der Waals surface area contributed by atoms with E-state index in [1.54, 1.807) is 30.3 Å². The third-order valence-corrected chi connectivity index (χ3v) is 6.98. The Morgan fingerprint density at radius 3 is 2.46 bits per heavy atom. The summed E-state index contributed by atoms with van der Waals surface area (Å²) in [5, 5.41) is 22.6. The van der Waals surface area contributed by atoms with Gasteiger partial charge in [-0.15, -0.1) is 0 Å². The Balaban J connectivity index is 1.71. The highest BCUT2D eigenvalue weighted by molar-refractivity contribution is 7.22. The molecule has 8 nitrogen and oxygen atoms in total. The summed E-state index contributed by atoms with van der Waals surface area (Å²) in [7, 11) is 0. The van der Waals surface area contributed by atoms with Crippen molar-refractivity contribution in [3.63, 3.8) is 0 Å². The Morgan fingerprint density at radius 1 is 1.09 bits per heavy atom. The Morgan fingerprint density at radius 2 is 1.80 bits per heavy atom. The number of aryl methyl sites for hydroxylation is 1. The number of hydrogen-bond donors (Lipinski definition) is 1. The molecule has 0 saturated carbocycles. The number of fused-ring (bicyclic) bond motifs is 1. The predicted molar refractivity (Wildman–Crippen MR) is 133 cm³/mol. The summed E-state index contributed by atoms with van der Waals surface area (Å²) < 4.78 is 0.867. The van der Waals surface area contributed by atoms with E-state index in [-0.39, 0.29) is 17.0 Å². The number of nitro benzene ring substituents is 1. The van der Waals surface area contributed by atoms with Crippen molar-refractivity contribution < 1.29 is 19.6 Å². The van der Waals surface area contributed by atoms with Crippen LogP contribution in [-0.4, -0.2) is 26.7 Å². The fourth-order valence-corrected chi connectivity index (χ4v) is 5.21. The van der Waals surface area contributed by atoms with Crippen LogP contribution in [0.25, 0.3) is 16.0 Å². The number of amides is 1. The van der Waals surface area contributed by atoms with Gasteiger partial charge in [-0.05, 0) is 41.8 Å². The van der Waals surface area contributed by atoms with E-state index in [0.29, 0.717) is 21.8 Å². The van der Waals surface area contributed by atoms with Crippen molar-refractivity contribution in [1.29, 1.82) is 0 Å². The third kappa shape index (κ3) is 3.85. The largest absolute Gasteiger partial charge is 0.507 e. The molecule has 1 aliphatic rings. The minimum absolute atomic E-state index is 0.0939. The van der Waals surface area contributed by atoms with E-state index in [4.69, 9.17) is 0 Å². The number of carbonyl (C=O) groups is 2. The zero-order chi connectivity index (χ0) is 24.7. The highest BCUT2D eigenvalue weighted by atomic mass is 32.1. The molecule has 0 bridgehead atoms. The lowest BCUT2D eigenvalue weighted by atomic mass is 9.95. The second kappa shape index (κ2) is 8.77. The number of anilines is 1. The Labute approximate surface area is 203 Å². The molecule has 0 spiro atoms. The number of hydrogen-bond acceptors (Lipinski definition) is 7. The summed E-state index contributed by atoms with van der Waals surface area (Å²) in [5.74, 6) is -1.98. The van der Waals surface area contributed by atoms with Crippen LogP contribution < -0.4 is 4.90 Å². The van der Waals surface area contributed by atoms with Gasteiger partial charge in [-0.2, -0.15) is 0 Å². The SMILES string of the molecule is CCc1ccc2nc(N3C(=O)C(=O)/C(=C(/O)c4ccccc4)C3c3ccc([N+](=O)[O-])cc3)sc2c1. The van der Waals surface area contributed by atoms with Gasteiger partial charge in [0.2, 0.25) is 0 Å². The first-order valence-electron chi connectivity index (χ1n) is 10.9. The minimum atomic E-state index is -0.998. The topological polar surface area (TPSA) is 114 Å². The van der Waals surface area contributed by atoms with Crippen molar-refractivity contribution in [1.82, 2.24) is 4.98 Å². The zero-order valence-corrected chi connectivity index (χ0v) is 19.4. The number of nitro groups is 1. The van der Waals surface area contributed by atoms with Crippen LogP contribution >= 0.6 is 11.3 Å². The van der Waals surface area contributed by atoms with Crippen molar-refractivity contribution in [2.24, 2.45) is 0 Å². The maximum atomic E-state index is 13.3. The number of non-ortho nitro benzene ring substituents is 1. The van der Waals surface area contributed by atoms with Gasteiger partial charge < -0.3 is 5.11 Å². The molecule has 4 aromatic rings. The van der Waals surface area contributed by atoms with E-state index in [9.17, 15) is 24.8 Å². The van der Waals surface area contributed by atoms with Crippen LogP contribution in [0.1, 0.15) is 29.7 Å². The lowest BCUT2D eigenvalue weighted by Gasteiger charge is -2.22. The van der Waals surface area contributed by atoms with Gasteiger partial charge in [-0.1, -0.05) is 54.7 Å². The molecule has 0 radical (unpaired) electrons. The molecule has 1 aliphatic heterocycles. The predicted octanol–water partition coefficient (Wildman–Crippen LogP) is 5.39. The summed E-state index contributed by atoms with van der Waals surface area (Å²) in [5.41, 5.74) is 2.42. The quantitative estimate of drug-likeness (QED) is 0.133. The fraction of sp³-hybridized carbons (Fsp3) is 0.115. The molecule has 1 saturated heterocycles. The van der Waals surface area contributed by atoms with Gasteiger partial charge in [0.25, 0.3) is 11.5 Å². The molecule has 35 heavy (non-hydrogen) atoms. The fourth-order valence-electron chi connectivity index (χ4n) is 4.15. The van der Waals surface area contributed by atoms with Crippen LogP contribution in [0.5, 0.6) is 0 Å². The molecule has 3 aromatic carbocycles. The molecule has 1 N–H and O–H groups in total. The summed E-state index contributed by atoms with van der Waals surface area (Å²) >= 11 is 1.28. The monoisotopic (exact) mass is 485 g/mol. The first-order chi connectivity index (χ1) is 16.9. The molecular formula is C26H19N3O5S. The Bertz CT molecular complexity index is 1510. The summed E-state index contributed by atoms with van der Waals surface area (Å²) in [4.78, 5) is 43.0. The van der Waals surface area contributed by atoms with Crippen molar-refractivity contribution >= 4 is 49.8 Å². The standard InChI is InChI=1S/C26H19N3O5S/c1-2-15-8-13-19-20(14-15)35-26(27-19)28-22(16-9-11-18(12-10-16)29(33)34)21(24(31)25(28)32)23(30)17-6-4-3-5-7-17/h3-14,22,30H,2H2,1H3/b23-21+. The van der Waals surface area contributed by atoms with Gasteiger partial charge in [0.1, 0.15) is 5.76 Å². The normalized spacial score (nSPS) is 17.3.